The lowest BCUT2D eigenvalue weighted by Crippen LogP contribution is -2.26. The molecule has 9 nitrogen and oxygen atoms in total. The van der Waals surface area contributed by atoms with Gasteiger partial charge in [-0.1, -0.05) is 36.4 Å². The van der Waals surface area contributed by atoms with Crippen LogP contribution in [0.25, 0.3) is 21.9 Å². The van der Waals surface area contributed by atoms with Crippen molar-refractivity contribution in [2.45, 2.75) is 4.90 Å². The summed E-state index contributed by atoms with van der Waals surface area (Å²) in [5, 5.41) is 1.52. The van der Waals surface area contributed by atoms with Gasteiger partial charge in [-0.2, -0.15) is 0 Å². The first-order valence-electron chi connectivity index (χ1n) is 14.0. The number of anilines is 2. The summed E-state index contributed by atoms with van der Waals surface area (Å²) >= 11 is 0. The predicted octanol–water partition coefficient (Wildman–Crippen LogP) is 6.30. The van der Waals surface area contributed by atoms with Crippen molar-refractivity contribution in [3.05, 3.63) is 114 Å². The van der Waals surface area contributed by atoms with Crippen molar-refractivity contribution >= 4 is 44.0 Å². The molecule has 10 heteroatoms. The Kier molecular flexibility index (Phi) is 8.78. The van der Waals surface area contributed by atoms with E-state index in [0.29, 0.717) is 44.8 Å². The number of nitrogens with zero attached hydrogens (tertiary/aromatic N) is 2. The van der Waals surface area contributed by atoms with Gasteiger partial charge in [0.05, 0.1) is 19.9 Å². The molecule has 0 aromatic heterocycles. The number of methoxy groups -OCH3 is 2. The normalized spacial score (nSPS) is 11.1. The van der Waals surface area contributed by atoms with Crippen LogP contribution in [0.15, 0.2) is 108 Å². The van der Waals surface area contributed by atoms with Crippen LogP contribution >= 0.6 is 0 Å². The second-order valence-corrected chi connectivity index (χ2v) is 12.2. The van der Waals surface area contributed by atoms with Crippen LogP contribution in [0.5, 0.6) is 11.5 Å². The zero-order valence-corrected chi connectivity index (χ0v) is 26.4. The SMILES string of the molecule is COc1ccc(C(=O)N(C)c2cccc3ccc(NS(=O)(=O)c4cc(-c5cccc(C(=O)N(C)C)c5)ccc4OC)cc23)cc1. The number of ether oxygens (including phenoxy) is 2. The lowest BCUT2D eigenvalue weighted by atomic mass is 10.0. The standard InChI is InChI=1S/C35H33N3O6S/c1-37(2)34(39)27-10-6-9-25(20-27)26-15-19-32(44-5)33(21-26)45(41,42)36-28-16-12-23-8-7-11-31(30(23)22-28)38(3)35(40)24-13-17-29(43-4)18-14-24/h6-22,36H,1-5H3. The summed E-state index contributed by atoms with van der Waals surface area (Å²) < 4.78 is 40.9. The van der Waals surface area contributed by atoms with E-state index in [0.717, 1.165) is 5.39 Å². The molecule has 0 radical (unpaired) electrons. The Bertz CT molecular complexity index is 2010. The smallest absolute Gasteiger partial charge is 0.265 e. The molecule has 0 aliphatic carbocycles. The van der Waals surface area contributed by atoms with E-state index in [-0.39, 0.29) is 22.5 Å². The van der Waals surface area contributed by atoms with Gasteiger partial charge in [0, 0.05) is 43.3 Å². The maximum Gasteiger partial charge on any atom is 0.265 e. The average molecular weight is 624 g/mol. The van der Waals surface area contributed by atoms with Gasteiger partial charge in [0.15, 0.2) is 0 Å². The number of carbonyl (C=O) groups excluding carboxylic acids is 2. The Morgan fingerprint density at radius 3 is 2.09 bits per heavy atom. The van der Waals surface area contributed by atoms with Gasteiger partial charge in [0.25, 0.3) is 21.8 Å². The number of rotatable bonds is 9. The van der Waals surface area contributed by atoms with E-state index in [1.165, 1.54) is 23.0 Å². The number of hydrogen-bond donors (Lipinski definition) is 1. The van der Waals surface area contributed by atoms with Crippen LogP contribution < -0.4 is 19.1 Å². The third kappa shape index (κ3) is 6.46. The molecule has 0 saturated carbocycles. The van der Waals surface area contributed by atoms with Gasteiger partial charge in [-0.05, 0) is 83.2 Å². The molecule has 0 aliphatic heterocycles. The summed E-state index contributed by atoms with van der Waals surface area (Å²) in [6.45, 7) is 0. The number of fused-ring (bicyclic) bond motifs is 1. The fourth-order valence-corrected chi connectivity index (χ4v) is 6.26. The van der Waals surface area contributed by atoms with E-state index in [2.05, 4.69) is 4.72 Å². The average Bonchev–Trinajstić information content (AvgIpc) is 3.06. The summed E-state index contributed by atoms with van der Waals surface area (Å²) in [7, 11) is 3.85. The van der Waals surface area contributed by atoms with Gasteiger partial charge in [-0.3, -0.25) is 14.3 Å². The minimum Gasteiger partial charge on any atom is -0.497 e. The van der Waals surface area contributed by atoms with E-state index >= 15 is 0 Å². The van der Waals surface area contributed by atoms with Gasteiger partial charge >= 0.3 is 0 Å². The molecular weight excluding hydrogens is 590 g/mol. The molecule has 0 heterocycles. The Balaban J connectivity index is 1.49. The molecule has 0 fully saturated rings. The topological polar surface area (TPSA) is 105 Å². The van der Waals surface area contributed by atoms with Gasteiger partial charge in [0.2, 0.25) is 0 Å². The first-order valence-corrected chi connectivity index (χ1v) is 15.5. The van der Waals surface area contributed by atoms with E-state index in [1.54, 1.807) is 101 Å². The van der Waals surface area contributed by atoms with Crippen molar-refractivity contribution < 1.29 is 27.5 Å². The molecule has 230 valence electrons. The quantitative estimate of drug-likeness (QED) is 0.207. The molecule has 0 bridgehead atoms. The van der Waals surface area contributed by atoms with Gasteiger partial charge in [0.1, 0.15) is 16.4 Å². The zero-order valence-electron chi connectivity index (χ0n) is 25.6. The number of benzene rings is 5. The number of nitrogens with one attached hydrogen (secondary N) is 1. The third-order valence-corrected chi connectivity index (χ3v) is 8.82. The molecule has 0 saturated heterocycles. The highest BCUT2D eigenvalue weighted by molar-refractivity contribution is 7.92. The van der Waals surface area contributed by atoms with Crippen LogP contribution in [0.2, 0.25) is 0 Å². The van der Waals surface area contributed by atoms with Crippen molar-refractivity contribution in [3.8, 4) is 22.6 Å². The second kappa shape index (κ2) is 12.7. The number of amides is 2. The summed E-state index contributed by atoms with van der Waals surface area (Å²) in [4.78, 5) is 28.8. The van der Waals surface area contributed by atoms with Crippen LogP contribution in [-0.4, -0.2) is 60.5 Å². The zero-order chi connectivity index (χ0) is 32.3. The Morgan fingerprint density at radius 2 is 1.40 bits per heavy atom. The van der Waals surface area contributed by atoms with Crippen molar-refractivity contribution in [1.82, 2.24) is 4.90 Å². The van der Waals surface area contributed by atoms with E-state index < -0.39 is 10.0 Å². The van der Waals surface area contributed by atoms with E-state index in [1.807, 2.05) is 24.3 Å². The van der Waals surface area contributed by atoms with Crippen LogP contribution in [-0.2, 0) is 10.0 Å². The molecule has 2 amide bonds. The summed E-state index contributed by atoms with van der Waals surface area (Å²) in [6.07, 6.45) is 0. The van der Waals surface area contributed by atoms with Gasteiger partial charge in [-0.15, -0.1) is 0 Å². The van der Waals surface area contributed by atoms with Crippen molar-refractivity contribution in [2.75, 3.05) is 45.0 Å². The molecule has 0 spiro atoms. The van der Waals surface area contributed by atoms with Crippen molar-refractivity contribution in [3.63, 3.8) is 0 Å². The molecule has 0 unspecified atom stereocenters. The number of sulfonamides is 1. The van der Waals surface area contributed by atoms with Crippen LogP contribution in [0, 0.1) is 0 Å². The highest BCUT2D eigenvalue weighted by Gasteiger charge is 2.22. The largest absolute Gasteiger partial charge is 0.497 e. The van der Waals surface area contributed by atoms with Crippen LogP contribution in [0.4, 0.5) is 11.4 Å². The summed E-state index contributed by atoms with van der Waals surface area (Å²) in [5.41, 5.74) is 3.17. The summed E-state index contributed by atoms with van der Waals surface area (Å²) in [6, 6.07) is 29.4. The molecule has 5 rings (SSSR count). The molecule has 5 aromatic carbocycles. The maximum absolute atomic E-state index is 13.8. The monoisotopic (exact) mass is 623 g/mol. The molecule has 45 heavy (non-hydrogen) atoms. The highest BCUT2D eigenvalue weighted by atomic mass is 32.2. The van der Waals surface area contributed by atoms with Crippen LogP contribution in [0.1, 0.15) is 20.7 Å². The third-order valence-electron chi connectivity index (χ3n) is 7.42. The van der Waals surface area contributed by atoms with E-state index in [4.69, 9.17) is 9.47 Å². The predicted molar refractivity (Wildman–Crippen MR) is 177 cm³/mol. The van der Waals surface area contributed by atoms with Crippen molar-refractivity contribution in [2.24, 2.45) is 0 Å². The minimum atomic E-state index is -4.14. The van der Waals surface area contributed by atoms with E-state index in [9.17, 15) is 18.0 Å². The van der Waals surface area contributed by atoms with Gasteiger partial charge in [-0.25, -0.2) is 8.42 Å². The number of carbonyl (C=O) groups is 2. The second-order valence-electron chi connectivity index (χ2n) is 10.6. The molecule has 1 N–H and O–H groups in total. The highest BCUT2D eigenvalue weighted by Crippen LogP contribution is 2.34. The Labute approximate surface area is 262 Å². The van der Waals surface area contributed by atoms with Crippen LogP contribution in [0.3, 0.4) is 0 Å². The minimum absolute atomic E-state index is 0.0629. The fraction of sp³-hybridized carbons (Fsp3) is 0.143. The Morgan fingerprint density at radius 1 is 0.689 bits per heavy atom. The molecule has 0 aliphatic rings. The summed E-state index contributed by atoms with van der Waals surface area (Å²) in [5.74, 6) is 0.422. The lowest BCUT2D eigenvalue weighted by Gasteiger charge is -2.20. The fourth-order valence-electron chi connectivity index (χ4n) is 5.02. The first-order chi connectivity index (χ1) is 21.5. The maximum atomic E-state index is 13.8. The molecule has 0 atom stereocenters. The number of hydrogen-bond acceptors (Lipinski definition) is 6. The Hall–Kier alpha value is -5.35. The molecular formula is C35H33N3O6S. The molecule has 5 aromatic rings. The van der Waals surface area contributed by atoms with Crippen molar-refractivity contribution in [1.29, 1.82) is 0 Å². The lowest BCUT2D eigenvalue weighted by molar-refractivity contribution is 0.0827. The van der Waals surface area contributed by atoms with Gasteiger partial charge < -0.3 is 19.3 Å². The first kappa shape index (κ1) is 31.1.